The summed E-state index contributed by atoms with van der Waals surface area (Å²) in [6.45, 7) is 0. The van der Waals surface area contributed by atoms with Gasteiger partial charge in [-0.05, 0) is 17.7 Å². The highest BCUT2D eigenvalue weighted by molar-refractivity contribution is 6.01. The molecule has 5 atom stereocenters. The van der Waals surface area contributed by atoms with Crippen molar-refractivity contribution in [2.24, 2.45) is 0 Å². The van der Waals surface area contributed by atoms with Crippen molar-refractivity contribution >= 4 is 10.9 Å². The molecule has 3 aliphatic heterocycles. The molecule has 3 aromatic heterocycles. The van der Waals surface area contributed by atoms with Gasteiger partial charge in [0, 0.05) is 60.1 Å². The van der Waals surface area contributed by atoms with Gasteiger partial charge in [0.15, 0.2) is 0 Å². The van der Waals surface area contributed by atoms with Crippen molar-refractivity contribution < 1.29 is 13.5 Å². The molecule has 3 fully saturated rings. The number of nitrogens with one attached hydrogen (secondary N) is 2. The summed E-state index contributed by atoms with van der Waals surface area (Å²) in [6.07, 6.45) is 6.46. The first-order chi connectivity index (χ1) is 15.6. The summed E-state index contributed by atoms with van der Waals surface area (Å²) in [6, 6.07) is 6.91. The maximum absolute atomic E-state index is 13.9. The summed E-state index contributed by atoms with van der Waals surface area (Å²) in [4.78, 5) is 1.96. The zero-order chi connectivity index (χ0) is 21.4. The van der Waals surface area contributed by atoms with E-state index in [4.69, 9.17) is 4.74 Å². The number of nitrogens with zero attached hydrogens (tertiary/aromatic N) is 5. The van der Waals surface area contributed by atoms with Crippen LogP contribution in [0.3, 0.4) is 0 Å². The average molecular weight is 435 g/mol. The lowest BCUT2D eigenvalue weighted by atomic mass is 9.92. The van der Waals surface area contributed by atoms with Crippen molar-refractivity contribution in [1.82, 2.24) is 35.5 Å². The molecule has 10 heteroatoms. The zero-order valence-electron chi connectivity index (χ0n) is 16.9. The molecule has 0 spiro atoms. The summed E-state index contributed by atoms with van der Waals surface area (Å²) in [5, 5.41) is 23.7. The number of ether oxygens (including phenoxy) is 1. The predicted molar refractivity (Wildman–Crippen MR) is 111 cm³/mol. The molecule has 4 aromatic rings. The Morgan fingerprint density at radius 2 is 1.94 bits per heavy atom. The van der Waals surface area contributed by atoms with E-state index >= 15 is 0 Å². The van der Waals surface area contributed by atoms with E-state index in [-0.39, 0.29) is 24.6 Å². The molecule has 3 saturated heterocycles. The molecule has 8 nitrogen and oxygen atoms in total. The van der Waals surface area contributed by atoms with Crippen LogP contribution in [0, 0.1) is 0 Å². The first-order valence-corrected chi connectivity index (χ1v) is 10.7. The normalized spacial score (nSPS) is 29.8. The summed E-state index contributed by atoms with van der Waals surface area (Å²) in [7, 11) is 0. The van der Waals surface area contributed by atoms with E-state index in [1.54, 1.807) is 18.5 Å². The number of fused-ring (bicyclic) bond motifs is 2. The largest absolute Gasteiger partial charge is 0.473 e. The van der Waals surface area contributed by atoms with Gasteiger partial charge in [-0.2, -0.15) is 10.2 Å². The standard InChI is InChI=1S/C22H19F2N7O/c23-22(24)7-12-5-13(6-18-21(22)31(12)18)32-19-4-3-17(28-29-19)15-2-1-14(11-8-25-26-9-11)16-10-27-30-20(15)16/h1-4,8-10,12-13,18,21H,5-7H2,(H,25,26)(H,27,30). The molecule has 2 N–H and O–H groups in total. The third kappa shape index (κ3) is 2.62. The van der Waals surface area contributed by atoms with E-state index < -0.39 is 12.0 Å². The lowest BCUT2D eigenvalue weighted by molar-refractivity contribution is -0.00765. The van der Waals surface area contributed by atoms with Crippen molar-refractivity contribution in [2.75, 3.05) is 0 Å². The number of halogens is 2. The summed E-state index contributed by atoms with van der Waals surface area (Å²) < 4.78 is 33.9. The van der Waals surface area contributed by atoms with Gasteiger partial charge >= 0.3 is 0 Å². The third-order valence-electron chi connectivity index (χ3n) is 7.01. The minimum atomic E-state index is -2.55. The topological polar surface area (TPSA) is 95.4 Å². The molecule has 32 heavy (non-hydrogen) atoms. The van der Waals surface area contributed by atoms with Crippen molar-refractivity contribution in [3.05, 3.63) is 42.9 Å². The summed E-state index contributed by atoms with van der Waals surface area (Å²) >= 11 is 0. The number of alkyl halides is 2. The van der Waals surface area contributed by atoms with Crippen molar-refractivity contribution in [3.8, 4) is 28.3 Å². The molecule has 0 radical (unpaired) electrons. The molecule has 162 valence electrons. The van der Waals surface area contributed by atoms with E-state index in [1.165, 1.54) is 0 Å². The van der Waals surface area contributed by atoms with Gasteiger partial charge in [0.2, 0.25) is 5.88 Å². The smallest absolute Gasteiger partial charge is 0.266 e. The van der Waals surface area contributed by atoms with Crippen LogP contribution in [0.15, 0.2) is 42.9 Å². The van der Waals surface area contributed by atoms with Gasteiger partial charge in [0.25, 0.3) is 5.92 Å². The molecule has 0 amide bonds. The molecular weight excluding hydrogens is 416 g/mol. The van der Waals surface area contributed by atoms with Crippen molar-refractivity contribution in [2.45, 2.75) is 49.4 Å². The number of piperidine rings is 2. The highest BCUT2D eigenvalue weighted by Gasteiger charge is 2.72. The number of aromatic nitrogens is 6. The van der Waals surface area contributed by atoms with Crippen LogP contribution < -0.4 is 4.74 Å². The molecule has 0 aliphatic carbocycles. The molecular formula is C22H19F2N7O. The van der Waals surface area contributed by atoms with Crippen LogP contribution in [0.25, 0.3) is 33.3 Å². The number of hydrogen-bond donors (Lipinski definition) is 2. The molecule has 3 aliphatic rings. The third-order valence-corrected chi connectivity index (χ3v) is 7.01. The molecule has 5 unspecified atom stereocenters. The lowest BCUT2D eigenvalue weighted by Gasteiger charge is -2.30. The fraction of sp³-hybridized carbons (Fsp3) is 0.364. The maximum atomic E-state index is 13.9. The molecule has 6 heterocycles. The first kappa shape index (κ1) is 18.2. The van der Waals surface area contributed by atoms with Gasteiger partial charge in [0.05, 0.1) is 29.6 Å². The van der Waals surface area contributed by atoms with E-state index in [1.807, 2.05) is 29.3 Å². The highest BCUT2D eigenvalue weighted by Crippen LogP contribution is 2.57. The van der Waals surface area contributed by atoms with Crippen molar-refractivity contribution in [1.29, 1.82) is 0 Å². The molecule has 7 rings (SSSR count). The minimum Gasteiger partial charge on any atom is -0.473 e. The Hall–Kier alpha value is -3.40. The minimum absolute atomic E-state index is 0.0582. The lowest BCUT2D eigenvalue weighted by Crippen LogP contribution is -2.38. The second kappa shape index (κ2) is 6.32. The van der Waals surface area contributed by atoms with Crippen LogP contribution in [-0.4, -0.2) is 65.6 Å². The van der Waals surface area contributed by atoms with Gasteiger partial charge in [-0.1, -0.05) is 6.07 Å². The Morgan fingerprint density at radius 1 is 1.03 bits per heavy atom. The molecule has 0 bridgehead atoms. The maximum Gasteiger partial charge on any atom is 0.266 e. The Balaban J connectivity index is 1.12. The summed E-state index contributed by atoms with van der Waals surface area (Å²) in [5.74, 6) is -2.13. The second-order valence-corrected chi connectivity index (χ2v) is 8.85. The Bertz CT molecular complexity index is 1300. The fourth-order valence-corrected chi connectivity index (χ4v) is 5.65. The first-order valence-electron chi connectivity index (χ1n) is 10.7. The fourth-order valence-electron chi connectivity index (χ4n) is 5.65. The second-order valence-electron chi connectivity index (χ2n) is 8.85. The van der Waals surface area contributed by atoms with Crippen LogP contribution in [-0.2, 0) is 0 Å². The SMILES string of the molecule is FC1(F)CC2CC(Oc3ccc(-c4ccc(-c5cn[nH]c5)c5cn[nH]c45)nn3)CC3C1N23. The number of H-pyrrole nitrogens is 2. The van der Waals surface area contributed by atoms with E-state index in [9.17, 15) is 8.78 Å². The molecule has 1 aromatic carbocycles. The monoisotopic (exact) mass is 435 g/mol. The van der Waals surface area contributed by atoms with Gasteiger partial charge in [-0.25, -0.2) is 8.78 Å². The van der Waals surface area contributed by atoms with E-state index in [2.05, 4.69) is 30.6 Å². The van der Waals surface area contributed by atoms with Crippen LogP contribution in [0.1, 0.15) is 19.3 Å². The summed E-state index contributed by atoms with van der Waals surface area (Å²) in [5.41, 5.74) is 4.44. The van der Waals surface area contributed by atoms with Gasteiger partial charge < -0.3 is 4.74 Å². The Kier molecular flexibility index (Phi) is 3.59. The number of benzene rings is 1. The van der Waals surface area contributed by atoms with E-state index in [0.29, 0.717) is 24.4 Å². The van der Waals surface area contributed by atoms with Crippen LogP contribution in [0.4, 0.5) is 8.78 Å². The number of aromatic amines is 2. The Labute approximate surface area is 181 Å². The van der Waals surface area contributed by atoms with Gasteiger partial charge in [-0.15, -0.1) is 10.2 Å². The van der Waals surface area contributed by atoms with Gasteiger partial charge in [-0.3, -0.25) is 15.1 Å². The average Bonchev–Trinajstić information content (AvgIpc) is 3.15. The number of hydrogen-bond acceptors (Lipinski definition) is 6. The van der Waals surface area contributed by atoms with Crippen molar-refractivity contribution in [3.63, 3.8) is 0 Å². The quantitative estimate of drug-likeness (QED) is 0.477. The van der Waals surface area contributed by atoms with E-state index in [0.717, 1.165) is 27.6 Å². The van der Waals surface area contributed by atoms with Crippen LogP contribution >= 0.6 is 0 Å². The predicted octanol–water partition coefficient (Wildman–Crippen LogP) is 3.41. The Morgan fingerprint density at radius 3 is 2.72 bits per heavy atom. The highest BCUT2D eigenvalue weighted by atomic mass is 19.3. The van der Waals surface area contributed by atoms with Crippen LogP contribution in [0.2, 0.25) is 0 Å². The molecule has 0 saturated carbocycles. The number of rotatable bonds is 4. The zero-order valence-corrected chi connectivity index (χ0v) is 16.9. The van der Waals surface area contributed by atoms with Gasteiger partial charge in [0.1, 0.15) is 6.10 Å². The van der Waals surface area contributed by atoms with Crippen LogP contribution in [0.5, 0.6) is 5.88 Å².